The van der Waals surface area contributed by atoms with Gasteiger partial charge in [0.25, 0.3) is 10.0 Å². The van der Waals surface area contributed by atoms with Crippen LogP contribution >= 0.6 is 0 Å². The van der Waals surface area contributed by atoms with Crippen molar-refractivity contribution in [1.82, 2.24) is 5.32 Å². The average Bonchev–Trinajstić information content (AvgIpc) is 2.91. The first kappa shape index (κ1) is 25.4. The third-order valence-electron chi connectivity index (χ3n) is 6.32. The lowest BCUT2D eigenvalue weighted by atomic mass is 10.1. The van der Waals surface area contributed by atoms with Crippen LogP contribution in [0, 0.1) is 6.92 Å². The Morgan fingerprint density at radius 2 is 1.69 bits per heavy atom. The zero-order valence-corrected chi connectivity index (χ0v) is 21.2. The van der Waals surface area contributed by atoms with E-state index in [0.717, 1.165) is 55.5 Å². The number of nitrogens with zero attached hydrogens (tertiary/aromatic N) is 2. The van der Waals surface area contributed by atoms with Gasteiger partial charge in [-0.15, -0.1) is 0 Å². The molecule has 1 N–H and O–H groups in total. The van der Waals surface area contributed by atoms with Gasteiger partial charge in [-0.25, -0.2) is 8.42 Å². The van der Waals surface area contributed by atoms with E-state index in [2.05, 4.69) is 10.2 Å². The van der Waals surface area contributed by atoms with Gasteiger partial charge >= 0.3 is 0 Å². The van der Waals surface area contributed by atoms with Crippen LogP contribution in [0.2, 0.25) is 0 Å². The summed E-state index contributed by atoms with van der Waals surface area (Å²) in [6, 6.07) is 20.9. The standard InChI is InChI=1S/C28H31N3O4S/c1-22-12-14-25(15-13-22)36(34,35)31(20-28(33)29-19-23-8-7-9-24(18-23)21-32)27-11-4-3-10-26(27)30-16-5-2-6-17-30/h3-4,7-15,18,21H,2,5-6,16-17,19-20H2,1H3,(H,29,33). The maximum atomic E-state index is 13.9. The van der Waals surface area contributed by atoms with Crippen LogP contribution in [0.1, 0.15) is 40.7 Å². The van der Waals surface area contributed by atoms with Gasteiger partial charge in [0.2, 0.25) is 5.91 Å². The minimum atomic E-state index is -4.02. The molecule has 1 fully saturated rings. The molecule has 8 heteroatoms. The number of nitrogens with one attached hydrogen (secondary N) is 1. The molecular weight excluding hydrogens is 474 g/mol. The van der Waals surface area contributed by atoms with Crippen LogP contribution in [-0.4, -0.2) is 40.2 Å². The van der Waals surface area contributed by atoms with Crippen molar-refractivity contribution in [2.45, 2.75) is 37.6 Å². The summed E-state index contributed by atoms with van der Waals surface area (Å²) in [6.45, 7) is 3.40. The lowest BCUT2D eigenvalue weighted by Crippen LogP contribution is -2.42. The number of anilines is 2. The Kier molecular flexibility index (Phi) is 8.05. The molecule has 1 aliphatic rings. The zero-order valence-electron chi connectivity index (χ0n) is 20.4. The fourth-order valence-electron chi connectivity index (χ4n) is 4.38. The molecular formula is C28H31N3O4S. The summed E-state index contributed by atoms with van der Waals surface area (Å²) in [5.74, 6) is -0.435. The smallest absolute Gasteiger partial charge is 0.264 e. The number of hydrogen-bond donors (Lipinski definition) is 1. The molecule has 1 heterocycles. The summed E-state index contributed by atoms with van der Waals surface area (Å²) >= 11 is 0. The van der Waals surface area contributed by atoms with Crippen LogP contribution in [0.4, 0.5) is 11.4 Å². The van der Waals surface area contributed by atoms with E-state index in [4.69, 9.17) is 0 Å². The number of piperidine rings is 1. The van der Waals surface area contributed by atoms with E-state index < -0.39 is 15.9 Å². The largest absolute Gasteiger partial charge is 0.370 e. The third-order valence-corrected chi connectivity index (χ3v) is 8.09. The highest BCUT2D eigenvalue weighted by atomic mass is 32.2. The predicted molar refractivity (Wildman–Crippen MR) is 142 cm³/mol. The molecule has 4 rings (SSSR count). The number of para-hydroxylation sites is 2. The molecule has 1 amide bonds. The zero-order chi connectivity index (χ0) is 25.5. The SMILES string of the molecule is Cc1ccc(S(=O)(=O)N(CC(=O)NCc2cccc(C=O)c2)c2ccccc2N2CCCCC2)cc1. The van der Waals surface area contributed by atoms with Gasteiger partial charge in [-0.3, -0.25) is 13.9 Å². The van der Waals surface area contributed by atoms with Crippen LogP contribution in [0.15, 0.2) is 77.7 Å². The van der Waals surface area contributed by atoms with Crippen LogP contribution in [0.25, 0.3) is 0 Å². The van der Waals surface area contributed by atoms with Crippen molar-refractivity contribution in [2.24, 2.45) is 0 Å². The molecule has 0 unspecified atom stereocenters. The van der Waals surface area contributed by atoms with Gasteiger partial charge in [0.1, 0.15) is 12.8 Å². The number of rotatable bonds is 9. The van der Waals surface area contributed by atoms with Crippen LogP contribution in [-0.2, 0) is 21.4 Å². The van der Waals surface area contributed by atoms with E-state index in [0.29, 0.717) is 11.3 Å². The number of amides is 1. The van der Waals surface area contributed by atoms with E-state index in [1.807, 2.05) is 19.1 Å². The highest BCUT2D eigenvalue weighted by molar-refractivity contribution is 7.92. The fraction of sp³-hybridized carbons (Fsp3) is 0.286. The Bertz CT molecular complexity index is 1320. The van der Waals surface area contributed by atoms with E-state index in [1.54, 1.807) is 60.7 Å². The van der Waals surface area contributed by atoms with Crippen molar-refractivity contribution >= 4 is 33.6 Å². The number of hydrogen-bond acceptors (Lipinski definition) is 5. The summed E-state index contributed by atoms with van der Waals surface area (Å²) < 4.78 is 28.9. The van der Waals surface area contributed by atoms with Crippen molar-refractivity contribution in [3.05, 3.63) is 89.5 Å². The fourth-order valence-corrected chi connectivity index (χ4v) is 5.81. The molecule has 0 bridgehead atoms. The van der Waals surface area contributed by atoms with E-state index in [1.165, 1.54) is 4.31 Å². The van der Waals surface area contributed by atoms with Crippen LogP contribution in [0.5, 0.6) is 0 Å². The Labute approximate surface area is 212 Å². The van der Waals surface area contributed by atoms with Crippen molar-refractivity contribution < 1.29 is 18.0 Å². The number of aldehydes is 1. The Morgan fingerprint density at radius 1 is 0.972 bits per heavy atom. The van der Waals surface area contributed by atoms with Crippen molar-refractivity contribution in [2.75, 3.05) is 28.8 Å². The van der Waals surface area contributed by atoms with Gasteiger partial charge in [-0.2, -0.15) is 0 Å². The lowest BCUT2D eigenvalue weighted by molar-refractivity contribution is -0.119. The van der Waals surface area contributed by atoms with E-state index in [-0.39, 0.29) is 18.0 Å². The molecule has 0 saturated carbocycles. The minimum Gasteiger partial charge on any atom is -0.370 e. The van der Waals surface area contributed by atoms with Gasteiger partial charge in [0.15, 0.2) is 0 Å². The average molecular weight is 506 g/mol. The first-order valence-corrected chi connectivity index (χ1v) is 13.6. The number of aryl methyl sites for hydroxylation is 1. The molecule has 0 spiro atoms. The molecule has 0 atom stereocenters. The highest BCUT2D eigenvalue weighted by Crippen LogP contribution is 2.34. The molecule has 7 nitrogen and oxygen atoms in total. The Morgan fingerprint density at radius 3 is 2.42 bits per heavy atom. The summed E-state index contributed by atoms with van der Waals surface area (Å²) in [5, 5.41) is 2.81. The van der Waals surface area contributed by atoms with E-state index in [9.17, 15) is 18.0 Å². The minimum absolute atomic E-state index is 0.132. The van der Waals surface area contributed by atoms with Crippen LogP contribution in [0.3, 0.4) is 0 Å². The molecule has 36 heavy (non-hydrogen) atoms. The maximum absolute atomic E-state index is 13.9. The summed E-state index contributed by atoms with van der Waals surface area (Å²) in [7, 11) is -4.02. The first-order valence-electron chi connectivity index (χ1n) is 12.1. The first-order chi connectivity index (χ1) is 17.4. The number of sulfonamides is 1. The normalized spacial score (nSPS) is 13.8. The molecule has 0 aliphatic carbocycles. The molecule has 1 saturated heterocycles. The summed E-state index contributed by atoms with van der Waals surface area (Å²) in [6.07, 6.45) is 3.98. The van der Waals surface area contributed by atoms with E-state index >= 15 is 0 Å². The van der Waals surface area contributed by atoms with Crippen molar-refractivity contribution in [3.8, 4) is 0 Å². The van der Waals surface area contributed by atoms with Gasteiger partial charge in [0.05, 0.1) is 16.3 Å². The second-order valence-electron chi connectivity index (χ2n) is 9.00. The quantitative estimate of drug-likeness (QED) is 0.438. The van der Waals surface area contributed by atoms with Gasteiger partial charge < -0.3 is 10.2 Å². The Balaban J connectivity index is 1.65. The van der Waals surface area contributed by atoms with Gasteiger partial charge in [0, 0.05) is 25.2 Å². The second-order valence-corrected chi connectivity index (χ2v) is 10.9. The predicted octanol–water partition coefficient (Wildman–Crippen LogP) is 4.31. The third kappa shape index (κ3) is 5.94. The second kappa shape index (κ2) is 11.4. The summed E-state index contributed by atoms with van der Waals surface area (Å²) in [4.78, 5) is 26.5. The van der Waals surface area contributed by atoms with Crippen molar-refractivity contribution in [3.63, 3.8) is 0 Å². The van der Waals surface area contributed by atoms with Crippen LogP contribution < -0.4 is 14.5 Å². The number of benzene rings is 3. The van der Waals surface area contributed by atoms with Gasteiger partial charge in [-0.05, 0) is 62.1 Å². The topological polar surface area (TPSA) is 86.8 Å². The monoisotopic (exact) mass is 505 g/mol. The number of carbonyl (C=O) groups excluding carboxylic acids is 2. The van der Waals surface area contributed by atoms with Gasteiger partial charge in [-0.1, -0.05) is 48.0 Å². The molecule has 188 valence electrons. The maximum Gasteiger partial charge on any atom is 0.264 e. The highest BCUT2D eigenvalue weighted by Gasteiger charge is 2.30. The lowest BCUT2D eigenvalue weighted by Gasteiger charge is -2.34. The summed E-state index contributed by atoms with van der Waals surface area (Å²) in [5.41, 5.74) is 3.51. The molecule has 0 radical (unpaired) electrons. The Hall–Kier alpha value is -3.65. The molecule has 0 aromatic heterocycles. The molecule has 3 aromatic carbocycles. The molecule has 1 aliphatic heterocycles. The number of carbonyl (C=O) groups is 2. The van der Waals surface area contributed by atoms with Crippen molar-refractivity contribution in [1.29, 1.82) is 0 Å². The molecule has 3 aromatic rings.